The van der Waals surface area contributed by atoms with Crippen molar-refractivity contribution in [3.63, 3.8) is 0 Å². The summed E-state index contributed by atoms with van der Waals surface area (Å²) in [5.74, 6) is 1.53. The molecule has 3 rings (SSSR count). The van der Waals surface area contributed by atoms with Gasteiger partial charge in [-0.3, -0.25) is 0 Å². The molecule has 1 aliphatic rings. The molecule has 0 amide bonds. The largest absolute Gasteiger partial charge is 0.0884 e. The van der Waals surface area contributed by atoms with E-state index < -0.39 is 0 Å². The van der Waals surface area contributed by atoms with Gasteiger partial charge in [0.1, 0.15) is 0 Å². The van der Waals surface area contributed by atoms with Crippen molar-refractivity contribution < 1.29 is 0 Å². The van der Waals surface area contributed by atoms with E-state index in [9.17, 15) is 0 Å². The van der Waals surface area contributed by atoms with Gasteiger partial charge in [-0.25, -0.2) is 0 Å². The van der Waals surface area contributed by atoms with E-state index in [0.717, 1.165) is 22.7 Å². The fourth-order valence-electron chi connectivity index (χ4n) is 2.69. The molecule has 0 aliphatic heterocycles. The molecule has 0 nitrogen and oxygen atoms in total. The molecule has 2 heteroatoms. The zero-order valence-electron chi connectivity index (χ0n) is 10.6. The molecule has 2 aromatic rings. The Balaban J connectivity index is 1.61. The summed E-state index contributed by atoms with van der Waals surface area (Å²) >= 11 is 7.37. The monoisotopic (exact) mass is 378 g/mol. The second-order valence-corrected chi connectivity index (χ2v) is 7.36. The first-order valence-corrected chi connectivity index (χ1v) is 8.38. The van der Waals surface area contributed by atoms with E-state index >= 15 is 0 Å². The predicted molar refractivity (Wildman–Crippen MR) is 87.9 cm³/mol. The molecule has 1 aliphatic carbocycles. The highest BCUT2D eigenvalue weighted by Gasteiger charge is 2.42. The number of rotatable bonds is 4. The van der Waals surface area contributed by atoms with Crippen molar-refractivity contribution in [3.8, 4) is 0 Å². The minimum absolute atomic E-state index is 0.582. The van der Waals surface area contributed by atoms with Crippen LogP contribution >= 0.6 is 31.9 Å². The molecule has 3 atom stereocenters. The molecule has 0 spiro atoms. The van der Waals surface area contributed by atoms with Crippen molar-refractivity contribution in [2.24, 2.45) is 5.92 Å². The Morgan fingerprint density at radius 3 is 2.37 bits per heavy atom. The zero-order valence-corrected chi connectivity index (χ0v) is 13.8. The highest BCUT2D eigenvalue weighted by molar-refractivity contribution is 9.10. The highest BCUT2D eigenvalue weighted by Crippen LogP contribution is 2.52. The van der Waals surface area contributed by atoms with Gasteiger partial charge in [0.2, 0.25) is 0 Å². The Hall–Kier alpha value is -0.600. The normalized spacial score (nSPS) is 23.1. The summed E-state index contributed by atoms with van der Waals surface area (Å²) in [6.45, 7) is 0. The van der Waals surface area contributed by atoms with Crippen molar-refractivity contribution in [1.29, 1.82) is 0 Å². The van der Waals surface area contributed by atoms with Crippen LogP contribution in [-0.2, 0) is 6.42 Å². The number of benzene rings is 2. The van der Waals surface area contributed by atoms with Crippen LogP contribution in [0, 0.1) is 5.92 Å². The average Bonchev–Trinajstić information content (AvgIpc) is 3.23. The first-order valence-electron chi connectivity index (χ1n) is 6.67. The maximum absolute atomic E-state index is 3.89. The van der Waals surface area contributed by atoms with Crippen LogP contribution in [0.4, 0.5) is 0 Å². The molecular formula is C17H16Br2. The Kier molecular flexibility index (Phi) is 4.09. The average molecular weight is 380 g/mol. The first kappa shape index (κ1) is 13.4. The summed E-state index contributed by atoms with van der Waals surface area (Å²) in [5.41, 5.74) is 2.90. The summed E-state index contributed by atoms with van der Waals surface area (Å²) in [7, 11) is 0. The van der Waals surface area contributed by atoms with Gasteiger partial charge in [0.25, 0.3) is 0 Å². The first-order chi connectivity index (χ1) is 9.24. The Morgan fingerprint density at radius 1 is 1.00 bits per heavy atom. The zero-order chi connectivity index (χ0) is 13.2. The lowest BCUT2D eigenvalue weighted by molar-refractivity contribution is 0.735. The van der Waals surface area contributed by atoms with E-state index in [4.69, 9.17) is 0 Å². The van der Waals surface area contributed by atoms with Crippen LogP contribution in [0.25, 0.3) is 0 Å². The molecule has 3 unspecified atom stereocenters. The van der Waals surface area contributed by atoms with Crippen LogP contribution in [0.1, 0.15) is 23.5 Å². The molecular weight excluding hydrogens is 364 g/mol. The maximum atomic E-state index is 3.89. The topological polar surface area (TPSA) is 0 Å². The van der Waals surface area contributed by atoms with Gasteiger partial charge < -0.3 is 0 Å². The van der Waals surface area contributed by atoms with E-state index in [1.165, 1.54) is 17.5 Å². The molecule has 1 saturated carbocycles. The Labute approximate surface area is 131 Å². The Morgan fingerprint density at radius 2 is 1.68 bits per heavy atom. The van der Waals surface area contributed by atoms with Gasteiger partial charge in [-0.1, -0.05) is 74.3 Å². The van der Waals surface area contributed by atoms with E-state index in [2.05, 4.69) is 86.5 Å². The molecule has 0 N–H and O–H groups in total. The smallest absolute Gasteiger partial charge is 0.0220 e. The van der Waals surface area contributed by atoms with Gasteiger partial charge in [0.15, 0.2) is 0 Å². The third kappa shape index (κ3) is 3.29. The second-order valence-electron chi connectivity index (χ2n) is 5.26. The predicted octanol–water partition coefficient (Wildman–Crippen LogP) is 5.56. The van der Waals surface area contributed by atoms with E-state index in [-0.39, 0.29) is 0 Å². The van der Waals surface area contributed by atoms with E-state index in [1.807, 2.05) is 0 Å². The molecule has 1 fully saturated rings. The van der Waals surface area contributed by atoms with Crippen molar-refractivity contribution in [2.75, 3.05) is 0 Å². The second kappa shape index (κ2) is 5.80. The lowest BCUT2D eigenvalue weighted by Gasteiger charge is -2.10. The molecule has 0 heterocycles. The van der Waals surface area contributed by atoms with Crippen molar-refractivity contribution in [2.45, 2.75) is 23.6 Å². The van der Waals surface area contributed by atoms with E-state index in [0.29, 0.717) is 4.83 Å². The third-order valence-electron chi connectivity index (χ3n) is 3.88. The summed E-state index contributed by atoms with van der Waals surface area (Å²) in [6, 6.07) is 19.5. The standard InChI is InChI=1S/C17H16Br2/c18-14-8-6-12(7-9-14)10-17(19)16-11-15(16)13-4-2-1-3-5-13/h1-9,15-17H,10-11H2. The van der Waals surface area contributed by atoms with Crippen molar-refractivity contribution in [3.05, 3.63) is 70.2 Å². The lowest BCUT2D eigenvalue weighted by atomic mass is 10.0. The number of hydrogen-bond donors (Lipinski definition) is 0. The molecule has 98 valence electrons. The number of halogens is 2. The van der Waals surface area contributed by atoms with Gasteiger partial charge in [0.05, 0.1) is 0 Å². The quantitative estimate of drug-likeness (QED) is 0.610. The fourth-order valence-corrected chi connectivity index (χ4v) is 3.92. The minimum atomic E-state index is 0.582. The maximum Gasteiger partial charge on any atom is 0.0220 e. The summed E-state index contributed by atoms with van der Waals surface area (Å²) in [5, 5.41) is 0. The molecule has 19 heavy (non-hydrogen) atoms. The van der Waals surface area contributed by atoms with Crippen molar-refractivity contribution >= 4 is 31.9 Å². The van der Waals surface area contributed by atoms with Crippen LogP contribution < -0.4 is 0 Å². The van der Waals surface area contributed by atoms with Gasteiger partial charge >= 0.3 is 0 Å². The van der Waals surface area contributed by atoms with Gasteiger partial charge in [-0.2, -0.15) is 0 Å². The van der Waals surface area contributed by atoms with Gasteiger partial charge in [-0.15, -0.1) is 0 Å². The van der Waals surface area contributed by atoms with Crippen LogP contribution in [-0.4, -0.2) is 4.83 Å². The van der Waals surface area contributed by atoms with E-state index in [1.54, 1.807) is 0 Å². The van der Waals surface area contributed by atoms with Gasteiger partial charge in [-0.05, 0) is 47.9 Å². The molecule has 0 aromatic heterocycles. The SMILES string of the molecule is Brc1ccc(CC(Br)C2CC2c2ccccc2)cc1. The van der Waals surface area contributed by atoms with Crippen LogP contribution in [0.5, 0.6) is 0 Å². The lowest BCUT2D eigenvalue weighted by Crippen LogP contribution is -2.06. The molecule has 0 radical (unpaired) electrons. The number of hydrogen-bond acceptors (Lipinski definition) is 0. The number of alkyl halides is 1. The third-order valence-corrected chi connectivity index (χ3v) is 5.41. The summed E-state index contributed by atoms with van der Waals surface area (Å²) < 4.78 is 1.15. The Bertz CT molecular complexity index is 533. The fraction of sp³-hybridized carbons (Fsp3) is 0.294. The molecule has 2 aromatic carbocycles. The van der Waals surface area contributed by atoms with Crippen molar-refractivity contribution in [1.82, 2.24) is 0 Å². The summed E-state index contributed by atoms with van der Waals surface area (Å²) in [6.07, 6.45) is 2.43. The minimum Gasteiger partial charge on any atom is -0.0884 e. The molecule has 0 saturated heterocycles. The van der Waals surface area contributed by atoms with Crippen LogP contribution in [0.3, 0.4) is 0 Å². The van der Waals surface area contributed by atoms with Crippen LogP contribution in [0.2, 0.25) is 0 Å². The summed E-state index contributed by atoms with van der Waals surface area (Å²) in [4.78, 5) is 0.582. The van der Waals surface area contributed by atoms with Gasteiger partial charge in [0, 0.05) is 9.30 Å². The van der Waals surface area contributed by atoms with Crippen LogP contribution in [0.15, 0.2) is 59.1 Å². The highest BCUT2D eigenvalue weighted by atomic mass is 79.9. The molecule has 0 bridgehead atoms.